The number of carbonyl (C=O) groups is 1. The molecule has 1 rings (SSSR count). The third kappa shape index (κ3) is 4.81. The van der Waals surface area contributed by atoms with E-state index in [0.29, 0.717) is 19.5 Å². The highest BCUT2D eigenvalue weighted by Crippen LogP contribution is 2.06. The van der Waals surface area contributed by atoms with E-state index in [1.54, 1.807) is 6.20 Å². The fourth-order valence-corrected chi connectivity index (χ4v) is 1.70. The Morgan fingerprint density at radius 3 is 2.94 bits per heavy atom. The lowest BCUT2D eigenvalue weighted by Crippen LogP contribution is -2.26. The lowest BCUT2D eigenvalue weighted by Gasteiger charge is -2.19. The lowest BCUT2D eigenvalue weighted by atomic mass is 10.2. The van der Waals surface area contributed by atoms with Gasteiger partial charge in [-0.25, -0.2) is 0 Å². The number of nitrogens with zero attached hydrogens (tertiary/aromatic N) is 2. The van der Waals surface area contributed by atoms with Crippen LogP contribution < -0.4 is 5.73 Å². The van der Waals surface area contributed by atoms with Crippen LogP contribution in [0, 0.1) is 0 Å². The zero-order chi connectivity index (χ0) is 13.4. The number of hydrogen-bond acceptors (Lipinski definition) is 5. The zero-order valence-corrected chi connectivity index (χ0v) is 11.1. The predicted molar refractivity (Wildman–Crippen MR) is 69.7 cm³/mol. The summed E-state index contributed by atoms with van der Waals surface area (Å²) in [5, 5.41) is 0. The van der Waals surface area contributed by atoms with Crippen LogP contribution in [0.2, 0.25) is 0 Å². The van der Waals surface area contributed by atoms with Gasteiger partial charge >= 0.3 is 5.97 Å². The van der Waals surface area contributed by atoms with E-state index in [1.165, 1.54) is 7.11 Å². The molecule has 1 aromatic heterocycles. The topological polar surface area (TPSA) is 68.5 Å². The van der Waals surface area contributed by atoms with Gasteiger partial charge in [0.1, 0.15) is 0 Å². The highest BCUT2D eigenvalue weighted by molar-refractivity contribution is 5.69. The van der Waals surface area contributed by atoms with Crippen LogP contribution in [0.5, 0.6) is 0 Å². The number of hydrogen-bond donors (Lipinski definition) is 1. The lowest BCUT2D eigenvalue weighted by molar-refractivity contribution is -0.141. The number of pyridine rings is 1. The Morgan fingerprint density at radius 2 is 2.33 bits per heavy atom. The van der Waals surface area contributed by atoms with Crippen molar-refractivity contribution in [2.45, 2.75) is 26.4 Å². The molecular weight excluding hydrogens is 230 g/mol. The number of ether oxygens (including phenoxy) is 1. The van der Waals surface area contributed by atoms with E-state index in [4.69, 9.17) is 5.73 Å². The molecule has 0 fully saturated rings. The van der Waals surface area contributed by atoms with Gasteiger partial charge in [0.15, 0.2) is 0 Å². The Kier molecular flexibility index (Phi) is 6.32. The molecule has 0 saturated heterocycles. The smallest absolute Gasteiger partial charge is 0.306 e. The Hall–Kier alpha value is -1.46. The number of methoxy groups -OCH3 is 1. The maximum atomic E-state index is 11.1. The average molecular weight is 251 g/mol. The van der Waals surface area contributed by atoms with Crippen molar-refractivity contribution in [2.24, 2.45) is 5.73 Å². The van der Waals surface area contributed by atoms with Crippen LogP contribution in [0.25, 0.3) is 0 Å². The van der Waals surface area contributed by atoms with Gasteiger partial charge in [-0.2, -0.15) is 0 Å². The second-order valence-corrected chi connectivity index (χ2v) is 4.05. The summed E-state index contributed by atoms with van der Waals surface area (Å²) in [6.45, 7) is 4.90. The molecule has 0 bridgehead atoms. The molecule has 0 amide bonds. The minimum atomic E-state index is -0.175. The van der Waals surface area contributed by atoms with E-state index in [0.717, 1.165) is 24.3 Å². The minimum Gasteiger partial charge on any atom is -0.469 e. The summed E-state index contributed by atoms with van der Waals surface area (Å²) in [6.07, 6.45) is 2.19. The van der Waals surface area contributed by atoms with Crippen molar-refractivity contribution in [3.8, 4) is 0 Å². The van der Waals surface area contributed by atoms with Gasteiger partial charge in [0, 0.05) is 25.8 Å². The molecule has 18 heavy (non-hydrogen) atoms. The molecule has 1 aromatic rings. The van der Waals surface area contributed by atoms with Crippen molar-refractivity contribution in [3.05, 3.63) is 29.6 Å². The largest absolute Gasteiger partial charge is 0.469 e. The monoisotopic (exact) mass is 251 g/mol. The third-order valence-corrected chi connectivity index (χ3v) is 2.80. The molecule has 0 unspecified atom stereocenters. The molecule has 5 heteroatoms. The van der Waals surface area contributed by atoms with Gasteiger partial charge in [0.05, 0.1) is 19.2 Å². The zero-order valence-electron chi connectivity index (χ0n) is 11.1. The van der Waals surface area contributed by atoms with Gasteiger partial charge in [0.2, 0.25) is 0 Å². The molecule has 100 valence electrons. The molecule has 0 atom stereocenters. The summed E-state index contributed by atoms with van der Waals surface area (Å²) < 4.78 is 4.64. The molecule has 1 heterocycles. The van der Waals surface area contributed by atoms with E-state index >= 15 is 0 Å². The maximum absolute atomic E-state index is 11.1. The molecule has 0 radical (unpaired) electrons. The van der Waals surface area contributed by atoms with Gasteiger partial charge in [-0.05, 0) is 24.2 Å². The van der Waals surface area contributed by atoms with Gasteiger partial charge in [-0.1, -0.05) is 6.92 Å². The van der Waals surface area contributed by atoms with Crippen molar-refractivity contribution in [1.82, 2.24) is 9.88 Å². The van der Waals surface area contributed by atoms with Gasteiger partial charge in [0.25, 0.3) is 0 Å². The molecule has 0 aliphatic rings. The molecule has 0 spiro atoms. The second kappa shape index (κ2) is 7.79. The van der Waals surface area contributed by atoms with Gasteiger partial charge in [-0.15, -0.1) is 0 Å². The van der Waals surface area contributed by atoms with Crippen molar-refractivity contribution >= 4 is 5.97 Å². The van der Waals surface area contributed by atoms with E-state index < -0.39 is 0 Å². The highest BCUT2D eigenvalue weighted by Gasteiger charge is 2.07. The first-order chi connectivity index (χ1) is 8.69. The summed E-state index contributed by atoms with van der Waals surface area (Å²) in [6, 6.07) is 3.97. The van der Waals surface area contributed by atoms with E-state index in [1.807, 2.05) is 12.1 Å². The quantitative estimate of drug-likeness (QED) is 0.730. The Morgan fingerprint density at radius 1 is 1.56 bits per heavy atom. The van der Waals surface area contributed by atoms with Crippen LogP contribution in [0.4, 0.5) is 0 Å². The van der Waals surface area contributed by atoms with Crippen LogP contribution in [0.1, 0.15) is 24.6 Å². The van der Waals surface area contributed by atoms with Crippen LogP contribution in [0.3, 0.4) is 0 Å². The molecule has 0 aliphatic heterocycles. The SMILES string of the molecule is CCN(CCC(=O)OC)Cc1ccnc(CN)c1. The van der Waals surface area contributed by atoms with Crippen LogP contribution >= 0.6 is 0 Å². The average Bonchev–Trinajstić information content (AvgIpc) is 2.43. The summed E-state index contributed by atoms with van der Waals surface area (Å²) in [7, 11) is 1.41. The van der Waals surface area contributed by atoms with Gasteiger partial charge in [-0.3, -0.25) is 14.7 Å². The number of aromatic nitrogens is 1. The number of rotatable bonds is 7. The Balaban J connectivity index is 2.53. The molecule has 2 N–H and O–H groups in total. The fourth-order valence-electron chi connectivity index (χ4n) is 1.70. The van der Waals surface area contributed by atoms with Crippen molar-refractivity contribution < 1.29 is 9.53 Å². The van der Waals surface area contributed by atoms with Crippen molar-refractivity contribution in [3.63, 3.8) is 0 Å². The number of carbonyl (C=O) groups excluding carboxylic acids is 1. The van der Waals surface area contributed by atoms with E-state index in [2.05, 4.69) is 21.5 Å². The molecule has 0 aliphatic carbocycles. The summed E-state index contributed by atoms with van der Waals surface area (Å²) in [4.78, 5) is 17.5. The standard InChI is InChI=1S/C13H21N3O2/c1-3-16(7-5-13(17)18-2)10-11-4-6-15-12(8-11)9-14/h4,6,8H,3,5,7,9-10,14H2,1-2H3. The predicted octanol–water partition coefficient (Wildman–Crippen LogP) is 0.925. The molecular formula is C13H21N3O2. The van der Waals surface area contributed by atoms with Crippen LogP contribution in [-0.2, 0) is 22.6 Å². The highest BCUT2D eigenvalue weighted by atomic mass is 16.5. The first-order valence-electron chi connectivity index (χ1n) is 6.12. The van der Waals surface area contributed by atoms with Crippen LogP contribution in [-0.4, -0.2) is 36.1 Å². The summed E-state index contributed by atoms with van der Waals surface area (Å²) >= 11 is 0. The van der Waals surface area contributed by atoms with Crippen LogP contribution in [0.15, 0.2) is 18.3 Å². The fraction of sp³-hybridized carbons (Fsp3) is 0.538. The number of nitrogens with two attached hydrogens (primary N) is 1. The Bertz CT molecular complexity index is 382. The summed E-state index contributed by atoms with van der Waals surface area (Å²) in [5.74, 6) is -0.175. The first-order valence-corrected chi connectivity index (χ1v) is 6.12. The number of esters is 1. The van der Waals surface area contributed by atoms with Crippen molar-refractivity contribution in [1.29, 1.82) is 0 Å². The Labute approximate surface area is 108 Å². The minimum absolute atomic E-state index is 0.175. The maximum Gasteiger partial charge on any atom is 0.306 e. The third-order valence-electron chi connectivity index (χ3n) is 2.80. The van der Waals surface area contributed by atoms with Gasteiger partial charge < -0.3 is 10.5 Å². The first kappa shape index (κ1) is 14.6. The van der Waals surface area contributed by atoms with E-state index in [-0.39, 0.29) is 5.97 Å². The molecule has 0 aromatic carbocycles. The molecule has 5 nitrogen and oxygen atoms in total. The van der Waals surface area contributed by atoms with Crippen molar-refractivity contribution in [2.75, 3.05) is 20.2 Å². The normalized spacial score (nSPS) is 10.7. The molecule has 0 saturated carbocycles. The van der Waals surface area contributed by atoms with E-state index in [9.17, 15) is 4.79 Å². The second-order valence-electron chi connectivity index (χ2n) is 4.05. The summed E-state index contributed by atoms with van der Waals surface area (Å²) in [5.41, 5.74) is 7.61.